The zero-order chi connectivity index (χ0) is 18.4. The van der Waals surface area contributed by atoms with Gasteiger partial charge in [-0.15, -0.1) is 0 Å². The zero-order valence-electron chi connectivity index (χ0n) is 13.2. The molecule has 0 aromatic heterocycles. The largest absolute Gasteiger partial charge is 0.478 e. The monoisotopic (exact) mass is 361 g/mol. The predicted molar refractivity (Wildman–Crippen MR) is 91.7 cm³/mol. The Balaban J connectivity index is 2.22. The lowest BCUT2D eigenvalue weighted by Gasteiger charge is -2.09. The number of hydrogen-bond acceptors (Lipinski definition) is 5. The molecule has 130 valence electrons. The van der Waals surface area contributed by atoms with Gasteiger partial charge in [0, 0.05) is 11.8 Å². The van der Waals surface area contributed by atoms with Crippen LogP contribution in [0.15, 0.2) is 59.5 Å². The maximum atomic E-state index is 12.4. The molecular formula is C17H15NO6S. The van der Waals surface area contributed by atoms with Crippen molar-refractivity contribution in [2.75, 3.05) is 11.8 Å². The van der Waals surface area contributed by atoms with E-state index in [1.807, 2.05) is 0 Å². The van der Waals surface area contributed by atoms with Crippen LogP contribution in [0.3, 0.4) is 0 Å². The maximum Gasteiger partial charge on any atom is 0.337 e. The molecule has 2 aromatic rings. The third-order valence-electron chi connectivity index (χ3n) is 3.14. The van der Waals surface area contributed by atoms with E-state index in [4.69, 9.17) is 5.11 Å². The van der Waals surface area contributed by atoms with Gasteiger partial charge in [0.2, 0.25) is 0 Å². The number of carbonyl (C=O) groups is 2. The number of nitrogens with one attached hydrogen (secondary N) is 1. The van der Waals surface area contributed by atoms with Crippen LogP contribution in [0.25, 0.3) is 6.08 Å². The van der Waals surface area contributed by atoms with E-state index in [-0.39, 0.29) is 16.1 Å². The van der Waals surface area contributed by atoms with Crippen molar-refractivity contribution in [3.05, 3.63) is 65.7 Å². The van der Waals surface area contributed by atoms with Gasteiger partial charge in [-0.1, -0.05) is 12.1 Å². The van der Waals surface area contributed by atoms with Crippen molar-refractivity contribution < 1.29 is 27.9 Å². The van der Waals surface area contributed by atoms with E-state index < -0.39 is 22.0 Å². The third kappa shape index (κ3) is 4.92. The molecule has 25 heavy (non-hydrogen) atoms. The first kappa shape index (κ1) is 18.2. The quantitative estimate of drug-likeness (QED) is 0.604. The highest BCUT2D eigenvalue weighted by Crippen LogP contribution is 2.18. The summed E-state index contributed by atoms with van der Waals surface area (Å²) in [7, 11) is -2.62. The number of carbonyl (C=O) groups excluding carboxylic acids is 1. The fraction of sp³-hybridized carbons (Fsp3) is 0.0588. The average molecular weight is 361 g/mol. The molecule has 0 fully saturated rings. The molecular weight excluding hydrogens is 346 g/mol. The molecule has 0 unspecified atom stereocenters. The SMILES string of the molecule is COC(=O)c1ccc(S(=O)(=O)Nc2cccc(/C=C/C(=O)O)c2)cc1. The maximum absolute atomic E-state index is 12.4. The van der Waals surface area contributed by atoms with Gasteiger partial charge in [-0.3, -0.25) is 4.72 Å². The van der Waals surface area contributed by atoms with E-state index >= 15 is 0 Å². The van der Waals surface area contributed by atoms with Crippen LogP contribution in [0.2, 0.25) is 0 Å². The average Bonchev–Trinajstić information content (AvgIpc) is 2.59. The van der Waals surface area contributed by atoms with E-state index in [0.29, 0.717) is 5.56 Å². The summed E-state index contributed by atoms with van der Waals surface area (Å²) in [6, 6.07) is 11.6. The van der Waals surface area contributed by atoms with Gasteiger partial charge >= 0.3 is 11.9 Å². The summed E-state index contributed by atoms with van der Waals surface area (Å²) in [5.74, 6) is -1.66. The summed E-state index contributed by atoms with van der Waals surface area (Å²) >= 11 is 0. The Morgan fingerprint density at radius 2 is 1.80 bits per heavy atom. The summed E-state index contributed by atoms with van der Waals surface area (Å²) in [6.07, 6.45) is 2.31. The molecule has 8 heteroatoms. The van der Waals surface area contributed by atoms with E-state index in [0.717, 1.165) is 6.08 Å². The Kier molecular flexibility index (Phi) is 5.56. The highest BCUT2D eigenvalue weighted by molar-refractivity contribution is 7.92. The van der Waals surface area contributed by atoms with Gasteiger partial charge in [0.05, 0.1) is 17.6 Å². The second-order valence-corrected chi connectivity index (χ2v) is 6.60. The smallest absolute Gasteiger partial charge is 0.337 e. The Morgan fingerprint density at radius 1 is 1.12 bits per heavy atom. The van der Waals surface area contributed by atoms with Gasteiger partial charge in [0.25, 0.3) is 10.0 Å². The predicted octanol–water partition coefficient (Wildman–Crippen LogP) is 2.37. The number of ether oxygens (including phenoxy) is 1. The molecule has 2 aromatic carbocycles. The topological polar surface area (TPSA) is 110 Å². The van der Waals surface area contributed by atoms with Crippen LogP contribution in [0.4, 0.5) is 5.69 Å². The summed E-state index contributed by atoms with van der Waals surface area (Å²) in [5, 5.41) is 8.63. The number of rotatable bonds is 6. The number of aliphatic carboxylic acids is 1. The summed E-state index contributed by atoms with van der Waals surface area (Å²) in [6.45, 7) is 0. The Bertz CT molecular complexity index is 916. The minimum absolute atomic E-state index is 0.0216. The lowest BCUT2D eigenvalue weighted by molar-refractivity contribution is -0.131. The van der Waals surface area contributed by atoms with Crippen LogP contribution >= 0.6 is 0 Å². The number of sulfonamides is 1. The molecule has 0 atom stereocenters. The van der Waals surface area contributed by atoms with Gasteiger partial charge in [-0.05, 0) is 48.0 Å². The highest BCUT2D eigenvalue weighted by atomic mass is 32.2. The fourth-order valence-corrected chi connectivity index (χ4v) is 3.02. The van der Waals surface area contributed by atoms with Crippen LogP contribution < -0.4 is 4.72 Å². The van der Waals surface area contributed by atoms with Crippen molar-refractivity contribution in [3.8, 4) is 0 Å². The summed E-state index contributed by atoms with van der Waals surface area (Å²) in [4.78, 5) is 21.9. The highest BCUT2D eigenvalue weighted by Gasteiger charge is 2.15. The number of carboxylic acid groups (broad SMARTS) is 1. The second-order valence-electron chi connectivity index (χ2n) is 4.92. The molecule has 0 saturated heterocycles. The Labute approximate surface area is 144 Å². The minimum Gasteiger partial charge on any atom is -0.478 e. The van der Waals surface area contributed by atoms with Gasteiger partial charge in [0.1, 0.15) is 0 Å². The Morgan fingerprint density at radius 3 is 2.40 bits per heavy atom. The van der Waals surface area contributed by atoms with Crippen LogP contribution in [-0.2, 0) is 19.6 Å². The van der Waals surface area contributed by atoms with E-state index in [1.54, 1.807) is 18.2 Å². The molecule has 0 saturated carbocycles. The second kappa shape index (κ2) is 7.63. The summed E-state index contributed by atoms with van der Waals surface area (Å²) in [5.41, 5.74) is 1.05. The van der Waals surface area contributed by atoms with Crippen molar-refractivity contribution in [1.29, 1.82) is 0 Å². The van der Waals surface area contributed by atoms with Crippen molar-refractivity contribution in [1.82, 2.24) is 0 Å². The molecule has 2 N–H and O–H groups in total. The number of methoxy groups -OCH3 is 1. The van der Waals surface area contributed by atoms with Crippen molar-refractivity contribution in [3.63, 3.8) is 0 Å². The number of esters is 1. The van der Waals surface area contributed by atoms with Gasteiger partial charge in [-0.25, -0.2) is 18.0 Å². The lowest BCUT2D eigenvalue weighted by Crippen LogP contribution is -2.13. The summed E-state index contributed by atoms with van der Waals surface area (Å²) < 4.78 is 31.7. The van der Waals surface area contributed by atoms with E-state index in [2.05, 4.69) is 9.46 Å². The fourth-order valence-electron chi connectivity index (χ4n) is 1.98. The molecule has 0 heterocycles. The molecule has 0 amide bonds. The van der Waals surface area contributed by atoms with Gasteiger partial charge < -0.3 is 9.84 Å². The molecule has 0 spiro atoms. The van der Waals surface area contributed by atoms with Crippen molar-refractivity contribution in [2.24, 2.45) is 0 Å². The van der Waals surface area contributed by atoms with Crippen LogP contribution in [0.5, 0.6) is 0 Å². The first-order valence-corrected chi connectivity index (χ1v) is 8.52. The standard InChI is InChI=1S/C17H15NO6S/c1-24-17(21)13-6-8-15(9-7-13)25(22,23)18-14-4-2-3-12(11-14)5-10-16(19)20/h2-11,18H,1H3,(H,19,20)/b10-5+. The minimum atomic E-state index is -3.85. The molecule has 0 aliphatic carbocycles. The number of anilines is 1. The number of hydrogen-bond donors (Lipinski definition) is 2. The molecule has 7 nitrogen and oxygen atoms in total. The molecule has 0 aliphatic heterocycles. The van der Waals surface area contributed by atoms with Crippen molar-refractivity contribution in [2.45, 2.75) is 4.90 Å². The lowest BCUT2D eigenvalue weighted by atomic mass is 10.2. The van der Waals surface area contributed by atoms with Crippen LogP contribution in [-0.4, -0.2) is 32.6 Å². The Hall–Kier alpha value is -3.13. The van der Waals surface area contributed by atoms with E-state index in [1.165, 1.54) is 43.5 Å². The first-order valence-electron chi connectivity index (χ1n) is 7.04. The normalized spacial score (nSPS) is 11.2. The van der Waals surface area contributed by atoms with Gasteiger partial charge in [0.15, 0.2) is 0 Å². The number of carboxylic acids is 1. The van der Waals surface area contributed by atoms with Crippen LogP contribution in [0, 0.1) is 0 Å². The molecule has 0 bridgehead atoms. The van der Waals surface area contributed by atoms with Crippen molar-refractivity contribution >= 4 is 33.7 Å². The zero-order valence-corrected chi connectivity index (χ0v) is 14.0. The van der Waals surface area contributed by atoms with Crippen LogP contribution in [0.1, 0.15) is 15.9 Å². The van der Waals surface area contributed by atoms with E-state index in [9.17, 15) is 18.0 Å². The molecule has 2 rings (SSSR count). The first-order chi connectivity index (χ1) is 11.8. The third-order valence-corrected chi connectivity index (χ3v) is 4.54. The number of benzene rings is 2. The molecule has 0 aliphatic rings. The van der Waals surface area contributed by atoms with Gasteiger partial charge in [-0.2, -0.15) is 0 Å². The molecule has 0 radical (unpaired) electrons.